The van der Waals surface area contributed by atoms with E-state index in [0.717, 1.165) is 12.1 Å². The number of sulfone groups is 1. The summed E-state index contributed by atoms with van der Waals surface area (Å²) in [6, 6.07) is 8.08. The minimum Gasteiger partial charge on any atom is -0.399 e. The molecule has 0 aliphatic heterocycles. The van der Waals surface area contributed by atoms with Crippen LogP contribution >= 0.6 is 15.9 Å². The van der Waals surface area contributed by atoms with Crippen molar-refractivity contribution in [3.63, 3.8) is 0 Å². The van der Waals surface area contributed by atoms with E-state index in [-0.39, 0.29) is 5.69 Å². The third-order valence-corrected chi connectivity index (χ3v) is 4.80. The van der Waals surface area contributed by atoms with E-state index in [4.69, 9.17) is 5.73 Å². The molecule has 0 heterocycles. The molecule has 3 nitrogen and oxygen atoms in total. The molecule has 106 valence electrons. The van der Waals surface area contributed by atoms with Crippen LogP contribution in [0.2, 0.25) is 0 Å². The molecule has 0 atom stereocenters. The standard InChI is InChI=1S/C13H10BrF2NO2S/c14-9-3-1-2-8(4-9)7-20(18,19)13-11(15)5-10(17)6-12(13)16/h1-6H,7,17H2. The molecule has 0 saturated carbocycles. The molecule has 0 bridgehead atoms. The van der Waals surface area contributed by atoms with Crippen molar-refractivity contribution in [2.45, 2.75) is 10.6 Å². The number of nitrogen functional groups attached to an aromatic ring is 1. The van der Waals surface area contributed by atoms with Gasteiger partial charge in [-0.1, -0.05) is 28.1 Å². The van der Waals surface area contributed by atoms with Gasteiger partial charge in [-0.05, 0) is 29.8 Å². The van der Waals surface area contributed by atoms with Crippen LogP contribution in [0.1, 0.15) is 5.56 Å². The first-order valence-electron chi connectivity index (χ1n) is 5.51. The van der Waals surface area contributed by atoms with Crippen LogP contribution in [0.15, 0.2) is 45.8 Å². The summed E-state index contributed by atoms with van der Waals surface area (Å²) in [6.07, 6.45) is 0. The lowest BCUT2D eigenvalue weighted by molar-refractivity contribution is 0.520. The Morgan fingerprint density at radius 3 is 2.25 bits per heavy atom. The summed E-state index contributed by atoms with van der Waals surface area (Å²) in [7, 11) is -4.13. The fourth-order valence-electron chi connectivity index (χ4n) is 1.79. The summed E-state index contributed by atoms with van der Waals surface area (Å²) in [5.74, 6) is -2.86. The smallest absolute Gasteiger partial charge is 0.188 e. The highest BCUT2D eigenvalue weighted by atomic mass is 79.9. The summed E-state index contributed by atoms with van der Waals surface area (Å²) >= 11 is 3.20. The van der Waals surface area contributed by atoms with Gasteiger partial charge in [0.2, 0.25) is 0 Å². The van der Waals surface area contributed by atoms with Gasteiger partial charge in [-0.2, -0.15) is 0 Å². The predicted molar refractivity (Wildman–Crippen MR) is 75.8 cm³/mol. The second-order valence-corrected chi connectivity index (χ2v) is 7.04. The third kappa shape index (κ3) is 3.16. The van der Waals surface area contributed by atoms with E-state index in [1.54, 1.807) is 24.3 Å². The maximum absolute atomic E-state index is 13.7. The fraction of sp³-hybridized carbons (Fsp3) is 0.0769. The first kappa shape index (κ1) is 14.9. The summed E-state index contributed by atoms with van der Waals surface area (Å²) in [4.78, 5) is -0.952. The van der Waals surface area contributed by atoms with Crippen molar-refractivity contribution < 1.29 is 17.2 Å². The average Bonchev–Trinajstić information content (AvgIpc) is 2.25. The van der Waals surface area contributed by atoms with Gasteiger partial charge in [0.1, 0.15) is 16.5 Å². The monoisotopic (exact) mass is 361 g/mol. The number of benzene rings is 2. The molecule has 0 aromatic heterocycles. The SMILES string of the molecule is Nc1cc(F)c(S(=O)(=O)Cc2cccc(Br)c2)c(F)c1. The molecule has 0 amide bonds. The number of hydrogen-bond donors (Lipinski definition) is 1. The number of halogens is 3. The van der Waals surface area contributed by atoms with Gasteiger partial charge in [0.15, 0.2) is 9.84 Å². The van der Waals surface area contributed by atoms with Crippen LogP contribution in [0.3, 0.4) is 0 Å². The molecule has 0 saturated heterocycles. The summed E-state index contributed by atoms with van der Waals surface area (Å²) in [5.41, 5.74) is 5.52. The second kappa shape index (κ2) is 5.49. The van der Waals surface area contributed by atoms with Gasteiger partial charge >= 0.3 is 0 Å². The Kier molecular flexibility index (Phi) is 4.10. The van der Waals surface area contributed by atoms with Crippen LogP contribution in [-0.4, -0.2) is 8.42 Å². The van der Waals surface area contributed by atoms with Gasteiger partial charge in [-0.25, -0.2) is 17.2 Å². The Morgan fingerprint density at radius 1 is 1.10 bits per heavy atom. The quantitative estimate of drug-likeness (QED) is 0.853. The minimum absolute atomic E-state index is 0.165. The highest BCUT2D eigenvalue weighted by Crippen LogP contribution is 2.25. The average molecular weight is 362 g/mol. The third-order valence-electron chi connectivity index (χ3n) is 2.58. The Morgan fingerprint density at radius 2 is 1.70 bits per heavy atom. The van der Waals surface area contributed by atoms with Gasteiger partial charge in [-0.3, -0.25) is 0 Å². The molecule has 2 aromatic carbocycles. The van der Waals surface area contributed by atoms with Crippen molar-refractivity contribution in [3.8, 4) is 0 Å². The zero-order valence-electron chi connectivity index (χ0n) is 10.1. The van der Waals surface area contributed by atoms with Crippen molar-refractivity contribution in [2.75, 3.05) is 5.73 Å². The van der Waals surface area contributed by atoms with E-state index < -0.39 is 32.1 Å². The van der Waals surface area contributed by atoms with Crippen molar-refractivity contribution >= 4 is 31.5 Å². The van der Waals surface area contributed by atoms with Crippen molar-refractivity contribution in [3.05, 3.63) is 58.1 Å². The van der Waals surface area contributed by atoms with E-state index in [9.17, 15) is 17.2 Å². The molecule has 0 aliphatic carbocycles. The molecule has 2 rings (SSSR count). The zero-order valence-corrected chi connectivity index (χ0v) is 12.5. The highest BCUT2D eigenvalue weighted by Gasteiger charge is 2.25. The molecular formula is C13H10BrF2NO2S. The molecule has 0 aliphatic rings. The van der Waals surface area contributed by atoms with Gasteiger partial charge in [0.25, 0.3) is 0 Å². The van der Waals surface area contributed by atoms with Gasteiger partial charge in [0, 0.05) is 10.2 Å². The highest BCUT2D eigenvalue weighted by molar-refractivity contribution is 9.10. The van der Waals surface area contributed by atoms with Crippen LogP contribution in [0.5, 0.6) is 0 Å². The maximum Gasteiger partial charge on any atom is 0.188 e. The van der Waals surface area contributed by atoms with E-state index in [1.165, 1.54) is 0 Å². The number of rotatable bonds is 3. The topological polar surface area (TPSA) is 60.2 Å². The van der Waals surface area contributed by atoms with Crippen molar-refractivity contribution in [1.82, 2.24) is 0 Å². The van der Waals surface area contributed by atoms with Crippen LogP contribution in [-0.2, 0) is 15.6 Å². The molecule has 0 spiro atoms. The first-order valence-corrected chi connectivity index (χ1v) is 7.96. The van der Waals surface area contributed by atoms with Crippen LogP contribution in [0.4, 0.5) is 14.5 Å². The van der Waals surface area contributed by atoms with E-state index in [0.29, 0.717) is 10.0 Å². The number of hydrogen-bond acceptors (Lipinski definition) is 3. The molecule has 7 heteroatoms. The van der Waals surface area contributed by atoms with Gasteiger partial charge < -0.3 is 5.73 Å². The molecule has 20 heavy (non-hydrogen) atoms. The van der Waals surface area contributed by atoms with Crippen molar-refractivity contribution in [1.29, 1.82) is 0 Å². The minimum atomic E-state index is -4.13. The molecule has 0 unspecified atom stereocenters. The second-order valence-electron chi connectivity index (χ2n) is 4.20. The summed E-state index contributed by atoms with van der Waals surface area (Å²) in [5, 5.41) is 0. The Labute approximate surface area is 123 Å². The molecule has 0 radical (unpaired) electrons. The largest absolute Gasteiger partial charge is 0.399 e. The van der Waals surface area contributed by atoms with Crippen LogP contribution in [0.25, 0.3) is 0 Å². The lowest BCUT2D eigenvalue weighted by Crippen LogP contribution is -2.10. The van der Waals surface area contributed by atoms with E-state index in [1.807, 2.05) is 0 Å². The normalized spacial score (nSPS) is 11.6. The van der Waals surface area contributed by atoms with Crippen LogP contribution < -0.4 is 5.73 Å². The van der Waals surface area contributed by atoms with Gasteiger partial charge in [-0.15, -0.1) is 0 Å². The van der Waals surface area contributed by atoms with E-state index in [2.05, 4.69) is 15.9 Å². The summed E-state index contributed by atoms with van der Waals surface area (Å²) in [6.45, 7) is 0. The van der Waals surface area contributed by atoms with Crippen LogP contribution in [0, 0.1) is 11.6 Å². The van der Waals surface area contributed by atoms with Gasteiger partial charge in [0.05, 0.1) is 5.75 Å². The Bertz CT molecular complexity index is 740. The Balaban J connectivity index is 2.46. The molecule has 2 N–H and O–H groups in total. The molecule has 2 aromatic rings. The molecular weight excluding hydrogens is 352 g/mol. The predicted octanol–water partition coefficient (Wildman–Crippen LogP) is 3.28. The molecule has 0 fully saturated rings. The first-order chi connectivity index (χ1) is 9.29. The fourth-order valence-corrected chi connectivity index (χ4v) is 3.72. The lowest BCUT2D eigenvalue weighted by atomic mass is 10.2. The zero-order chi connectivity index (χ0) is 14.9. The van der Waals surface area contributed by atoms with E-state index >= 15 is 0 Å². The van der Waals surface area contributed by atoms with Crippen molar-refractivity contribution in [2.24, 2.45) is 0 Å². The maximum atomic E-state index is 13.7. The number of nitrogens with two attached hydrogens (primary N) is 1. The lowest BCUT2D eigenvalue weighted by Gasteiger charge is -2.08. The summed E-state index contributed by atoms with van der Waals surface area (Å²) < 4.78 is 52.3. The Hall–Kier alpha value is -1.47. The number of anilines is 1.